The summed E-state index contributed by atoms with van der Waals surface area (Å²) in [6.45, 7) is 7.81. The number of hydrogen-bond acceptors (Lipinski definition) is 2. The van der Waals surface area contributed by atoms with Crippen molar-refractivity contribution in [1.82, 2.24) is 5.32 Å². The molecule has 2 atom stereocenters. The Hall–Kier alpha value is -0.0800. The van der Waals surface area contributed by atoms with Gasteiger partial charge in [-0.1, -0.05) is 27.2 Å². The van der Waals surface area contributed by atoms with Crippen LogP contribution in [0.15, 0.2) is 0 Å². The highest BCUT2D eigenvalue weighted by Crippen LogP contribution is 2.09. The van der Waals surface area contributed by atoms with Crippen LogP contribution in [0.25, 0.3) is 0 Å². The molecular formula is C10H23NO. The van der Waals surface area contributed by atoms with Crippen LogP contribution in [0.1, 0.15) is 40.0 Å². The molecule has 0 rings (SSSR count). The summed E-state index contributed by atoms with van der Waals surface area (Å²) in [4.78, 5) is 0. The van der Waals surface area contributed by atoms with Crippen LogP contribution in [0, 0.1) is 5.92 Å². The molecule has 0 spiro atoms. The van der Waals surface area contributed by atoms with Crippen LogP contribution in [0.5, 0.6) is 0 Å². The average molecular weight is 173 g/mol. The van der Waals surface area contributed by atoms with Crippen molar-refractivity contribution in [3.05, 3.63) is 0 Å². The molecule has 0 aromatic carbocycles. The molecule has 2 unspecified atom stereocenters. The molecule has 2 heteroatoms. The molecular weight excluding hydrogens is 150 g/mol. The third-order valence-corrected chi connectivity index (χ3v) is 2.28. The lowest BCUT2D eigenvalue weighted by atomic mass is 9.97. The van der Waals surface area contributed by atoms with Crippen molar-refractivity contribution in [2.45, 2.75) is 46.1 Å². The van der Waals surface area contributed by atoms with Gasteiger partial charge in [-0.2, -0.15) is 0 Å². The fourth-order valence-electron chi connectivity index (χ4n) is 1.43. The first-order valence-electron chi connectivity index (χ1n) is 5.10. The van der Waals surface area contributed by atoms with Crippen molar-refractivity contribution in [1.29, 1.82) is 0 Å². The highest BCUT2D eigenvalue weighted by Gasteiger charge is 2.13. The number of nitrogens with one attached hydrogen (secondary N) is 1. The highest BCUT2D eigenvalue weighted by atomic mass is 16.3. The van der Waals surface area contributed by atoms with E-state index in [0.717, 1.165) is 13.0 Å². The fraction of sp³-hybridized carbons (Fsp3) is 1.00. The third-order valence-electron chi connectivity index (χ3n) is 2.28. The molecule has 0 aromatic heterocycles. The first kappa shape index (κ1) is 11.9. The van der Waals surface area contributed by atoms with Crippen molar-refractivity contribution in [2.75, 3.05) is 13.2 Å². The van der Waals surface area contributed by atoms with Crippen molar-refractivity contribution >= 4 is 0 Å². The molecule has 0 saturated carbocycles. The number of aliphatic hydroxyl groups excluding tert-OH is 1. The summed E-state index contributed by atoms with van der Waals surface area (Å²) < 4.78 is 0. The van der Waals surface area contributed by atoms with E-state index >= 15 is 0 Å². The van der Waals surface area contributed by atoms with Gasteiger partial charge in [0.25, 0.3) is 0 Å². The monoisotopic (exact) mass is 173 g/mol. The summed E-state index contributed by atoms with van der Waals surface area (Å²) >= 11 is 0. The van der Waals surface area contributed by atoms with Crippen molar-refractivity contribution in [3.8, 4) is 0 Å². The largest absolute Gasteiger partial charge is 0.395 e. The van der Waals surface area contributed by atoms with Crippen molar-refractivity contribution in [2.24, 2.45) is 5.92 Å². The van der Waals surface area contributed by atoms with Gasteiger partial charge >= 0.3 is 0 Å². The van der Waals surface area contributed by atoms with Gasteiger partial charge in [-0.25, -0.2) is 0 Å². The third kappa shape index (κ3) is 4.73. The Kier molecular flexibility index (Phi) is 7.51. The molecule has 0 radical (unpaired) electrons. The summed E-state index contributed by atoms with van der Waals surface area (Å²) in [6.07, 6.45) is 3.53. The fourth-order valence-corrected chi connectivity index (χ4v) is 1.43. The Morgan fingerprint density at radius 1 is 1.25 bits per heavy atom. The van der Waals surface area contributed by atoms with Crippen LogP contribution in [0.4, 0.5) is 0 Å². The molecule has 74 valence electrons. The first-order valence-corrected chi connectivity index (χ1v) is 5.10. The minimum absolute atomic E-state index is 0.265. The second-order valence-electron chi connectivity index (χ2n) is 3.51. The molecule has 0 amide bonds. The second kappa shape index (κ2) is 7.56. The molecule has 2 nitrogen and oxygen atoms in total. The summed E-state index contributed by atoms with van der Waals surface area (Å²) in [5.41, 5.74) is 0. The van der Waals surface area contributed by atoms with E-state index < -0.39 is 0 Å². The lowest BCUT2D eigenvalue weighted by Crippen LogP contribution is -2.38. The van der Waals surface area contributed by atoms with Crippen molar-refractivity contribution in [3.63, 3.8) is 0 Å². The molecule has 2 N–H and O–H groups in total. The van der Waals surface area contributed by atoms with Gasteiger partial charge in [0.1, 0.15) is 0 Å². The summed E-state index contributed by atoms with van der Waals surface area (Å²) in [5.74, 6) is 0.589. The summed E-state index contributed by atoms with van der Waals surface area (Å²) in [7, 11) is 0. The molecule has 0 aliphatic heterocycles. The van der Waals surface area contributed by atoms with E-state index in [1.807, 2.05) is 0 Å². The Bertz CT molecular complexity index is 95.8. The molecule has 0 aromatic rings. The number of aliphatic hydroxyl groups is 1. The minimum atomic E-state index is 0.265. The maximum Gasteiger partial charge on any atom is 0.0587 e. The standard InChI is InChI=1S/C10H23NO/c1-4-6-9(3)10(8-12)11-7-5-2/h9-12H,4-8H2,1-3H3. The van der Waals surface area contributed by atoms with Gasteiger partial charge < -0.3 is 10.4 Å². The average Bonchev–Trinajstić information content (AvgIpc) is 2.06. The molecule has 0 aliphatic rings. The first-order chi connectivity index (χ1) is 5.76. The van der Waals surface area contributed by atoms with Crippen LogP contribution in [-0.4, -0.2) is 24.3 Å². The van der Waals surface area contributed by atoms with Gasteiger partial charge in [0, 0.05) is 6.04 Å². The van der Waals surface area contributed by atoms with E-state index in [4.69, 9.17) is 5.11 Å². The molecule has 0 heterocycles. The van der Waals surface area contributed by atoms with Gasteiger partial charge in [0.15, 0.2) is 0 Å². The summed E-state index contributed by atoms with van der Waals surface area (Å²) in [5, 5.41) is 12.4. The Balaban J connectivity index is 3.62. The normalized spacial score (nSPS) is 16.0. The van der Waals surface area contributed by atoms with Gasteiger partial charge in [-0.15, -0.1) is 0 Å². The SMILES string of the molecule is CCCNC(CO)C(C)CCC. The molecule has 0 bridgehead atoms. The second-order valence-corrected chi connectivity index (χ2v) is 3.51. The zero-order valence-corrected chi connectivity index (χ0v) is 8.64. The number of hydrogen-bond donors (Lipinski definition) is 2. The summed E-state index contributed by atoms with van der Waals surface area (Å²) in [6, 6.07) is 0.296. The smallest absolute Gasteiger partial charge is 0.0587 e. The van der Waals surface area contributed by atoms with Crippen LogP contribution in [0.2, 0.25) is 0 Å². The maximum absolute atomic E-state index is 9.09. The highest BCUT2D eigenvalue weighted by molar-refractivity contribution is 4.71. The topological polar surface area (TPSA) is 32.3 Å². The van der Waals surface area contributed by atoms with E-state index in [2.05, 4.69) is 26.1 Å². The molecule has 0 aliphatic carbocycles. The maximum atomic E-state index is 9.09. The zero-order chi connectivity index (χ0) is 9.40. The lowest BCUT2D eigenvalue weighted by Gasteiger charge is -2.22. The van der Waals surface area contributed by atoms with Crippen molar-refractivity contribution < 1.29 is 5.11 Å². The quantitative estimate of drug-likeness (QED) is 0.615. The Labute approximate surface area is 76.4 Å². The lowest BCUT2D eigenvalue weighted by molar-refractivity contribution is 0.199. The van der Waals surface area contributed by atoms with Gasteiger partial charge in [0.2, 0.25) is 0 Å². The van der Waals surface area contributed by atoms with E-state index in [0.29, 0.717) is 12.0 Å². The van der Waals surface area contributed by atoms with E-state index in [-0.39, 0.29) is 6.61 Å². The van der Waals surface area contributed by atoms with E-state index in [1.54, 1.807) is 0 Å². The zero-order valence-electron chi connectivity index (χ0n) is 8.64. The predicted octanol–water partition coefficient (Wildman–Crippen LogP) is 1.78. The predicted molar refractivity (Wildman–Crippen MR) is 53.2 cm³/mol. The number of rotatable bonds is 7. The molecule has 12 heavy (non-hydrogen) atoms. The van der Waals surface area contributed by atoms with Crippen LogP contribution < -0.4 is 5.32 Å². The molecule has 0 saturated heterocycles. The van der Waals surface area contributed by atoms with Crippen LogP contribution >= 0.6 is 0 Å². The Morgan fingerprint density at radius 2 is 1.92 bits per heavy atom. The van der Waals surface area contributed by atoms with E-state index in [1.165, 1.54) is 12.8 Å². The molecule has 0 fully saturated rings. The van der Waals surface area contributed by atoms with Gasteiger partial charge in [0.05, 0.1) is 6.61 Å². The van der Waals surface area contributed by atoms with Crippen LogP contribution in [-0.2, 0) is 0 Å². The minimum Gasteiger partial charge on any atom is -0.395 e. The van der Waals surface area contributed by atoms with E-state index in [9.17, 15) is 0 Å². The van der Waals surface area contributed by atoms with Crippen LogP contribution in [0.3, 0.4) is 0 Å². The van der Waals surface area contributed by atoms with Gasteiger partial charge in [-0.3, -0.25) is 0 Å². The van der Waals surface area contributed by atoms with Gasteiger partial charge in [-0.05, 0) is 25.3 Å². The Morgan fingerprint density at radius 3 is 2.33 bits per heavy atom.